The van der Waals surface area contributed by atoms with E-state index in [0.29, 0.717) is 37.2 Å². The number of nitrogens with one attached hydrogen (secondary N) is 2. The monoisotopic (exact) mass is 372 g/mol. The second kappa shape index (κ2) is 9.18. The lowest BCUT2D eigenvalue weighted by Crippen LogP contribution is -2.24. The molecule has 0 amide bonds. The molecule has 0 spiro atoms. The van der Waals surface area contributed by atoms with E-state index in [2.05, 4.69) is 30.6 Å². The number of hydrogen-bond acceptors (Lipinski definition) is 9. The number of pyridine rings is 1. The maximum Gasteiger partial charge on any atom is 0.218 e. The number of aryl methyl sites for hydroxylation is 1. The maximum absolute atomic E-state index is 8.73. The lowest BCUT2D eigenvalue weighted by atomic mass is 10.2. The van der Waals surface area contributed by atoms with Crippen LogP contribution in [0.4, 0.5) is 10.9 Å². The van der Waals surface area contributed by atoms with Crippen molar-refractivity contribution in [1.29, 1.82) is 0 Å². The van der Waals surface area contributed by atoms with Gasteiger partial charge in [-0.25, -0.2) is 9.97 Å². The third-order valence-electron chi connectivity index (χ3n) is 3.34. The van der Waals surface area contributed by atoms with Crippen LogP contribution in [-0.2, 0) is 0 Å². The minimum Gasteiger partial charge on any atom is -0.476 e. The summed E-state index contributed by atoms with van der Waals surface area (Å²) in [5, 5.41) is 15.7. The van der Waals surface area contributed by atoms with Gasteiger partial charge >= 0.3 is 0 Å². The Bertz CT molecular complexity index is 827. The quantitative estimate of drug-likeness (QED) is 0.490. The van der Waals surface area contributed by atoms with Crippen molar-refractivity contribution in [1.82, 2.24) is 25.3 Å². The number of anilines is 2. The van der Waals surface area contributed by atoms with Crippen LogP contribution in [0, 0.1) is 6.92 Å². The van der Waals surface area contributed by atoms with Gasteiger partial charge in [-0.1, -0.05) is 11.3 Å². The number of rotatable bonds is 9. The van der Waals surface area contributed by atoms with E-state index >= 15 is 0 Å². The standard InChI is InChI=1S/C17H20N6O2S/c1-12-21-15(10-16(22-12)25-9-7-19-6-8-24)23-17-20-11-14(26-17)13-2-4-18-5-3-13/h2-5,10-11,19,24H,6-9H2,1H3,(H,20,21,22,23). The molecule has 0 saturated heterocycles. The zero-order chi connectivity index (χ0) is 18.2. The Hall–Kier alpha value is -2.62. The molecule has 3 N–H and O–H groups in total. The first-order valence-corrected chi connectivity index (χ1v) is 8.99. The molecule has 0 bridgehead atoms. The van der Waals surface area contributed by atoms with E-state index in [9.17, 15) is 0 Å². The van der Waals surface area contributed by atoms with Crippen LogP contribution in [-0.4, -0.2) is 51.3 Å². The molecule has 136 valence electrons. The van der Waals surface area contributed by atoms with Gasteiger partial charge in [0.05, 0.1) is 11.5 Å². The second-order valence-electron chi connectivity index (χ2n) is 5.35. The highest BCUT2D eigenvalue weighted by atomic mass is 32.1. The summed E-state index contributed by atoms with van der Waals surface area (Å²) in [4.78, 5) is 18.1. The highest BCUT2D eigenvalue weighted by molar-refractivity contribution is 7.18. The van der Waals surface area contributed by atoms with Crippen molar-refractivity contribution in [2.24, 2.45) is 0 Å². The van der Waals surface area contributed by atoms with E-state index in [1.165, 1.54) is 11.3 Å². The summed E-state index contributed by atoms with van der Waals surface area (Å²) in [6.45, 7) is 3.55. The largest absolute Gasteiger partial charge is 0.476 e. The molecule has 0 atom stereocenters. The van der Waals surface area contributed by atoms with Crippen LogP contribution in [0.2, 0.25) is 0 Å². The first kappa shape index (κ1) is 18.2. The predicted octanol–water partition coefficient (Wildman–Crippen LogP) is 2.01. The van der Waals surface area contributed by atoms with E-state index < -0.39 is 0 Å². The third kappa shape index (κ3) is 5.19. The summed E-state index contributed by atoms with van der Waals surface area (Å²) in [5.74, 6) is 1.74. The maximum atomic E-state index is 8.73. The molecule has 3 heterocycles. The summed E-state index contributed by atoms with van der Waals surface area (Å²) in [6, 6.07) is 5.64. The van der Waals surface area contributed by atoms with Gasteiger partial charge in [0, 0.05) is 37.7 Å². The van der Waals surface area contributed by atoms with E-state index in [-0.39, 0.29) is 6.61 Å². The van der Waals surface area contributed by atoms with E-state index in [1.807, 2.05) is 25.3 Å². The highest BCUT2D eigenvalue weighted by Gasteiger charge is 2.08. The van der Waals surface area contributed by atoms with Gasteiger partial charge in [0.25, 0.3) is 0 Å². The number of hydrogen-bond donors (Lipinski definition) is 3. The Morgan fingerprint density at radius 1 is 1.19 bits per heavy atom. The number of aliphatic hydroxyl groups is 1. The molecule has 3 aromatic rings. The molecule has 0 saturated carbocycles. The highest BCUT2D eigenvalue weighted by Crippen LogP contribution is 2.30. The number of aromatic nitrogens is 4. The average Bonchev–Trinajstić information content (AvgIpc) is 3.10. The van der Waals surface area contributed by atoms with Crippen LogP contribution >= 0.6 is 11.3 Å². The average molecular weight is 372 g/mol. The normalized spacial score (nSPS) is 10.7. The minimum absolute atomic E-state index is 0.107. The van der Waals surface area contributed by atoms with Crippen LogP contribution < -0.4 is 15.4 Å². The summed E-state index contributed by atoms with van der Waals surface area (Å²) in [5.41, 5.74) is 1.07. The number of aliphatic hydroxyl groups excluding tert-OH is 1. The van der Waals surface area contributed by atoms with Gasteiger partial charge in [0.15, 0.2) is 5.13 Å². The summed E-state index contributed by atoms with van der Waals surface area (Å²) in [7, 11) is 0. The lowest BCUT2D eigenvalue weighted by Gasteiger charge is -2.09. The molecule has 8 nitrogen and oxygen atoms in total. The zero-order valence-corrected chi connectivity index (χ0v) is 15.2. The fourth-order valence-electron chi connectivity index (χ4n) is 2.20. The molecule has 3 aromatic heterocycles. The molecule has 0 fully saturated rings. The predicted molar refractivity (Wildman–Crippen MR) is 101 cm³/mol. The summed E-state index contributed by atoms with van der Waals surface area (Å²) >= 11 is 1.53. The molecule has 0 aliphatic carbocycles. The van der Waals surface area contributed by atoms with Gasteiger partial charge in [0.1, 0.15) is 18.2 Å². The SMILES string of the molecule is Cc1nc(Nc2ncc(-c3ccncc3)s2)cc(OCCNCCO)n1. The molecular formula is C17H20N6O2S. The molecule has 9 heteroatoms. The molecule has 26 heavy (non-hydrogen) atoms. The summed E-state index contributed by atoms with van der Waals surface area (Å²) in [6.07, 6.45) is 5.34. The molecule has 0 radical (unpaired) electrons. The smallest absolute Gasteiger partial charge is 0.218 e. The van der Waals surface area contributed by atoms with Crippen molar-refractivity contribution in [2.45, 2.75) is 6.92 Å². The van der Waals surface area contributed by atoms with Crippen LogP contribution in [0.25, 0.3) is 10.4 Å². The lowest BCUT2D eigenvalue weighted by molar-refractivity contribution is 0.272. The Labute approximate surface area is 155 Å². The molecule has 0 unspecified atom stereocenters. The van der Waals surface area contributed by atoms with Crippen LogP contribution in [0.5, 0.6) is 5.88 Å². The van der Waals surface area contributed by atoms with E-state index in [1.54, 1.807) is 18.5 Å². The Morgan fingerprint density at radius 3 is 2.85 bits per heavy atom. The van der Waals surface area contributed by atoms with Crippen molar-refractivity contribution in [3.05, 3.63) is 42.6 Å². The van der Waals surface area contributed by atoms with E-state index in [4.69, 9.17) is 9.84 Å². The molecular weight excluding hydrogens is 352 g/mol. The Balaban J connectivity index is 1.63. The third-order valence-corrected chi connectivity index (χ3v) is 4.30. The van der Waals surface area contributed by atoms with Crippen molar-refractivity contribution < 1.29 is 9.84 Å². The second-order valence-corrected chi connectivity index (χ2v) is 6.38. The van der Waals surface area contributed by atoms with Crippen LogP contribution in [0.3, 0.4) is 0 Å². The van der Waals surface area contributed by atoms with Gasteiger partial charge in [-0.15, -0.1) is 0 Å². The van der Waals surface area contributed by atoms with Gasteiger partial charge < -0.3 is 20.5 Å². The molecule has 0 aliphatic heterocycles. The van der Waals surface area contributed by atoms with Gasteiger partial charge in [-0.05, 0) is 24.6 Å². The Morgan fingerprint density at radius 2 is 2.04 bits per heavy atom. The van der Waals surface area contributed by atoms with Gasteiger partial charge in [-0.3, -0.25) is 4.98 Å². The molecule has 0 aliphatic rings. The topological polar surface area (TPSA) is 105 Å². The summed E-state index contributed by atoms with van der Waals surface area (Å²) < 4.78 is 5.63. The van der Waals surface area contributed by atoms with Crippen molar-refractivity contribution in [2.75, 3.05) is 31.6 Å². The van der Waals surface area contributed by atoms with Crippen LogP contribution in [0.1, 0.15) is 5.82 Å². The van der Waals surface area contributed by atoms with Crippen molar-refractivity contribution in [3.63, 3.8) is 0 Å². The number of ether oxygens (including phenoxy) is 1. The fraction of sp³-hybridized carbons (Fsp3) is 0.294. The zero-order valence-electron chi connectivity index (χ0n) is 14.3. The van der Waals surface area contributed by atoms with Gasteiger partial charge in [0.2, 0.25) is 5.88 Å². The Kier molecular flexibility index (Phi) is 6.42. The van der Waals surface area contributed by atoms with E-state index in [0.717, 1.165) is 15.6 Å². The fourth-order valence-corrected chi connectivity index (χ4v) is 3.03. The number of nitrogens with zero attached hydrogens (tertiary/aromatic N) is 4. The first-order chi connectivity index (χ1) is 12.7. The van der Waals surface area contributed by atoms with Gasteiger partial charge in [-0.2, -0.15) is 4.98 Å². The molecule has 0 aromatic carbocycles. The minimum atomic E-state index is 0.107. The number of thiazole rings is 1. The first-order valence-electron chi connectivity index (χ1n) is 8.18. The van der Waals surface area contributed by atoms with Crippen molar-refractivity contribution >= 4 is 22.3 Å². The molecule has 3 rings (SSSR count). The van der Waals surface area contributed by atoms with Crippen molar-refractivity contribution in [3.8, 4) is 16.3 Å². The van der Waals surface area contributed by atoms with Crippen LogP contribution in [0.15, 0.2) is 36.8 Å².